The van der Waals surface area contributed by atoms with Crippen LogP contribution in [0.25, 0.3) is 0 Å². The van der Waals surface area contributed by atoms with Gasteiger partial charge in [-0.3, -0.25) is 14.1 Å². The van der Waals surface area contributed by atoms with Gasteiger partial charge in [-0.1, -0.05) is 0 Å². The number of rotatable bonds is 0. The summed E-state index contributed by atoms with van der Waals surface area (Å²) in [6, 6.07) is 0. The zero-order valence-electron chi connectivity index (χ0n) is 5.36. The normalized spacial score (nSPS) is 40.1. The second-order valence-corrected chi connectivity index (χ2v) is 10.8. The van der Waals surface area contributed by atoms with Gasteiger partial charge in [0.1, 0.15) is 0 Å². The second kappa shape index (κ2) is 1.00. The molecule has 46 valence electrons. The number of hydrogen-bond acceptors (Lipinski definition) is 1. The lowest BCUT2D eigenvalue weighted by molar-refractivity contribution is 0.921. The molecule has 2 heteroatoms. The van der Waals surface area contributed by atoms with Gasteiger partial charge in [0.2, 0.25) is 0 Å². The molecule has 0 unspecified atom stereocenters. The highest BCUT2D eigenvalue weighted by Crippen LogP contribution is 2.59. The Balaban J connectivity index is 2.60. The zero-order chi connectivity index (χ0) is 5.57. The average Bonchev–Trinajstić information content (AvgIpc) is 1.30. The monoisotopic (exact) mass is 121 g/mol. The fraction of sp³-hybridized carbons (Fsp3) is 1.00. The van der Waals surface area contributed by atoms with E-state index < -0.39 is 9.35 Å². The van der Waals surface area contributed by atoms with E-state index >= 15 is 0 Å². The summed E-state index contributed by atoms with van der Waals surface area (Å²) in [5.41, 5.74) is 0. The molecule has 1 nitrogen and oxygen atoms in total. The molecule has 1 aliphatic rings. The Morgan fingerprint density at radius 3 is 1.57 bits per heavy atom. The molecule has 1 N–H and O–H groups in total. The van der Waals surface area contributed by atoms with E-state index in [2.05, 4.69) is 23.5 Å². The van der Waals surface area contributed by atoms with E-state index in [9.17, 15) is 0 Å². The summed E-state index contributed by atoms with van der Waals surface area (Å²) in [6.45, 7) is 1.25. The van der Waals surface area contributed by atoms with Gasteiger partial charge in [0.15, 0.2) is 0 Å². The SMILES string of the molecule is C[SH]1(C)(C)CCN1. The quantitative estimate of drug-likeness (QED) is 0.444. The minimum absolute atomic E-state index is 1.15. The Bertz CT molecular complexity index is 82.0. The molecule has 1 rings (SSSR count). The molecule has 0 bridgehead atoms. The second-order valence-electron chi connectivity index (χ2n) is 3.75. The maximum Gasteiger partial charge on any atom is 0.00994 e. The number of hydrogen-bond donors (Lipinski definition) is 2. The molecule has 7 heavy (non-hydrogen) atoms. The smallest absolute Gasteiger partial charge is 0.00994 e. The van der Waals surface area contributed by atoms with E-state index in [0.29, 0.717) is 0 Å². The Hall–Kier alpha value is 0.310. The Morgan fingerprint density at radius 2 is 1.57 bits per heavy atom. The Kier molecular flexibility index (Phi) is 0.781. The molecule has 0 aliphatic carbocycles. The summed E-state index contributed by atoms with van der Waals surface area (Å²) < 4.78 is 3.49. The molecule has 1 saturated heterocycles. The minimum Gasteiger partial charge on any atom is -0.296 e. The first kappa shape index (κ1) is 5.45. The average molecular weight is 121 g/mol. The van der Waals surface area contributed by atoms with Crippen LogP contribution in [0, 0.1) is 0 Å². The van der Waals surface area contributed by atoms with Gasteiger partial charge in [-0.15, -0.1) is 0 Å². The first-order chi connectivity index (χ1) is 2.97. The van der Waals surface area contributed by atoms with Crippen molar-refractivity contribution in [3.05, 3.63) is 0 Å². The van der Waals surface area contributed by atoms with Crippen molar-refractivity contribution >= 4 is 9.35 Å². The largest absolute Gasteiger partial charge is 0.296 e. The van der Waals surface area contributed by atoms with E-state index in [4.69, 9.17) is 0 Å². The maximum absolute atomic E-state index is 3.49. The molecule has 0 aromatic rings. The van der Waals surface area contributed by atoms with Crippen molar-refractivity contribution < 1.29 is 0 Å². The van der Waals surface area contributed by atoms with Crippen molar-refractivity contribution in [1.82, 2.24) is 4.72 Å². The minimum atomic E-state index is -1.15. The molecule has 0 spiro atoms. The van der Waals surface area contributed by atoms with Gasteiger partial charge in [0.25, 0.3) is 0 Å². The number of nitrogens with one attached hydrogen (secondary N) is 1. The van der Waals surface area contributed by atoms with Crippen molar-refractivity contribution in [1.29, 1.82) is 0 Å². The van der Waals surface area contributed by atoms with Crippen molar-refractivity contribution in [2.45, 2.75) is 0 Å². The third kappa shape index (κ3) is 1.10. The molecule has 0 saturated carbocycles. The van der Waals surface area contributed by atoms with Crippen LogP contribution in [0.2, 0.25) is 0 Å². The van der Waals surface area contributed by atoms with E-state index in [0.717, 1.165) is 0 Å². The molecule has 1 fully saturated rings. The highest BCUT2D eigenvalue weighted by molar-refractivity contribution is 8.47. The van der Waals surface area contributed by atoms with Gasteiger partial charge in [-0.2, -0.15) is 0 Å². The van der Waals surface area contributed by atoms with Crippen molar-refractivity contribution in [2.75, 3.05) is 31.1 Å². The molecule has 0 atom stereocenters. The summed E-state index contributed by atoms with van der Waals surface area (Å²) in [5, 5.41) is 0. The van der Waals surface area contributed by atoms with Crippen LogP contribution in [0.15, 0.2) is 0 Å². The van der Waals surface area contributed by atoms with Crippen LogP contribution in [0.4, 0.5) is 0 Å². The third-order valence-electron chi connectivity index (χ3n) is 1.59. The van der Waals surface area contributed by atoms with Crippen molar-refractivity contribution in [3.63, 3.8) is 0 Å². The van der Waals surface area contributed by atoms with Crippen LogP contribution in [-0.4, -0.2) is 31.1 Å². The fourth-order valence-corrected chi connectivity index (χ4v) is 2.35. The summed E-state index contributed by atoms with van der Waals surface area (Å²) in [7, 11) is -1.15. The summed E-state index contributed by atoms with van der Waals surface area (Å²) >= 11 is 0. The molecule has 0 aromatic heterocycles. The Morgan fingerprint density at radius 1 is 1.29 bits per heavy atom. The molecular weight excluding hydrogens is 106 g/mol. The van der Waals surface area contributed by atoms with Gasteiger partial charge in [-0.25, -0.2) is 0 Å². The van der Waals surface area contributed by atoms with Gasteiger partial charge < -0.3 is 0 Å². The fourth-order valence-electron chi connectivity index (χ4n) is 0.783. The highest BCUT2D eigenvalue weighted by atomic mass is 32.3. The predicted molar refractivity (Wildman–Crippen MR) is 39.6 cm³/mol. The van der Waals surface area contributed by atoms with Gasteiger partial charge in [0.05, 0.1) is 0 Å². The standard InChI is InChI=1S/C5H15NS/c1-7(2,3)5-4-6-7/h6-7H,4-5H2,1-3H3. The van der Waals surface area contributed by atoms with Gasteiger partial charge in [-0.05, 0) is 24.5 Å². The summed E-state index contributed by atoms with van der Waals surface area (Å²) in [4.78, 5) is 0. The molecule has 0 aromatic carbocycles. The number of thiol groups is 1. The van der Waals surface area contributed by atoms with Gasteiger partial charge in [0, 0.05) is 6.54 Å². The third-order valence-corrected chi connectivity index (χ3v) is 4.78. The van der Waals surface area contributed by atoms with E-state index in [-0.39, 0.29) is 0 Å². The molecular formula is C5H15NS. The van der Waals surface area contributed by atoms with E-state index in [1.165, 1.54) is 12.3 Å². The van der Waals surface area contributed by atoms with Crippen LogP contribution in [0.1, 0.15) is 0 Å². The summed E-state index contributed by atoms with van der Waals surface area (Å²) in [6.07, 6.45) is 7.11. The summed E-state index contributed by atoms with van der Waals surface area (Å²) in [5.74, 6) is 1.44. The lowest BCUT2D eigenvalue weighted by Gasteiger charge is -2.61. The maximum atomic E-state index is 3.49. The van der Waals surface area contributed by atoms with Crippen LogP contribution in [0.5, 0.6) is 0 Å². The molecule has 0 amide bonds. The molecule has 0 radical (unpaired) electrons. The van der Waals surface area contributed by atoms with Gasteiger partial charge >= 0.3 is 0 Å². The topological polar surface area (TPSA) is 12.0 Å². The Labute approximate surface area is 45.9 Å². The van der Waals surface area contributed by atoms with Crippen LogP contribution < -0.4 is 4.72 Å². The van der Waals surface area contributed by atoms with Crippen LogP contribution >= 0.6 is 9.35 Å². The first-order valence-electron chi connectivity index (χ1n) is 2.74. The van der Waals surface area contributed by atoms with Crippen molar-refractivity contribution in [3.8, 4) is 0 Å². The lowest BCUT2D eigenvalue weighted by atomic mass is 10.8. The van der Waals surface area contributed by atoms with Crippen LogP contribution in [0.3, 0.4) is 0 Å². The lowest BCUT2D eigenvalue weighted by Crippen LogP contribution is -2.47. The first-order valence-corrected chi connectivity index (χ1v) is 6.50. The molecule has 1 heterocycles. The highest BCUT2D eigenvalue weighted by Gasteiger charge is 2.30. The predicted octanol–water partition coefficient (Wildman–Crippen LogP) is 0.467. The van der Waals surface area contributed by atoms with E-state index in [1.807, 2.05) is 0 Å². The zero-order valence-corrected chi connectivity index (χ0v) is 6.26. The van der Waals surface area contributed by atoms with Crippen LogP contribution in [-0.2, 0) is 0 Å². The molecule has 1 aliphatic heterocycles. The van der Waals surface area contributed by atoms with Crippen molar-refractivity contribution in [2.24, 2.45) is 0 Å². The van der Waals surface area contributed by atoms with E-state index in [1.54, 1.807) is 0 Å².